The minimum atomic E-state index is -0.150. The molecular formula is C10H13FS. The summed E-state index contributed by atoms with van der Waals surface area (Å²) in [7, 11) is 0. The van der Waals surface area contributed by atoms with E-state index in [-0.39, 0.29) is 5.82 Å². The molecular weight excluding hydrogens is 171 g/mol. The Morgan fingerprint density at radius 3 is 2.83 bits per heavy atom. The molecule has 66 valence electrons. The van der Waals surface area contributed by atoms with Crippen LogP contribution >= 0.6 is 11.8 Å². The van der Waals surface area contributed by atoms with Crippen LogP contribution in [-0.2, 0) is 0 Å². The van der Waals surface area contributed by atoms with E-state index in [0.29, 0.717) is 5.25 Å². The first-order chi connectivity index (χ1) is 5.72. The lowest BCUT2D eigenvalue weighted by atomic mass is 10.3. The molecule has 0 N–H and O–H groups in total. The molecule has 0 saturated carbocycles. The maximum absolute atomic E-state index is 12.7. The van der Waals surface area contributed by atoms with Gasteiger partial charge in [0.05, 0.1) is 0 Å². The number of hydrogen-bond acceptors (Lipinski definition) is 1. The van der Waals surface area contributed by atoms with Crippen molar-refractivity contribution in [2.45, 2.75) is 30.4 Å². The number of thioether (sulfide) groups is 1. The van der Waals surface area contributed by atoms with Gasteiger partial charge >= 0.3 is 0 Å². The molecule has 0 bridgehead atoms. The van der Waals surface area contributed by atoms with Crippen LogP contribution in [0, 0.1) is 5.82 Å². The summed E-state index contributed by atoms with van der Waals surface area (Å²) >= 11 is 1.72. The summed E-state index contributed by atoms with van der Waals surface area (Å²) in [6.07, 6.45) is 1.11. The Balaban J connectivity index is 2.63. The second kappa shape index (κ2) is 4.51. The summed E-state index contributed by atoms with van der Waals surface area (Å²) in [5.74, 6) is -0.150. The summed E-state index contributed by atoms with van der Waals surface area (Å²) in [5, 5.41) is 0.562. The fraction of sp³-hybridized carbons (Fsp3) is 0.400. The molecule has 2 heteroatoms. The van der Waals surface area contributed by atoms with E-state index in [4.69, 9.17) is 0 Å². The molecule has 0 radical (unpaired) electrons. The molecule has 0 aliphatic carbocycles. The largest absolute Gasteiger partial charge is 0.207 e. The lowest BCUT2D eigenvalue weighted by molar-refractivity contribution is 0.624. The van der Waals surface area contributed by atoms with Gasteiger partial charge < -0.3 is 0 Å². The van der Waals surface area contributed by atoms with Gasteiger partial charge in [0.15, 0.2) is 0 Å². The van der Waals surface area contributed by atoms with Crippen LogP contribution in [0.5, 0.6) is 0 Å². The molecule has 0 aliphatic rings. The van der Waals surface area contributed by atoms with Crippen molar-refractivity contribution in [2.75, 3.05) is 0 Å². The fourth-order valence-electron chi connectivity index (χ4n) is 0.856. The number of halogens is 1. The van der Waals surface area contributed by atoms with E-state index in [0.717, 1.165) is 11.3 Å². The Kier molecular flexibility index (Phi) is 3.60. The number of rotatable bonds is 3. The molecule has 1 atom stereocenters. The van der Waals surface area contributed by atoms with Gasteiger partial charge in [-0.3, -0.25) is 0 Å². The molecule has 0 aliphatic heterocycles. The Labute approximate surface area is 77.2 Å². The number of benzene rings is 1. The van der Waals surface area contributed by atoms with E-state index in [2.05, 4.69) is 13.8 Å². The van der Waals surface area contributed by atoms with Gasteiger partial charge in [0.1, 0.15) is 5.82 Å². The first kappa shape index (κ1) is 9.59. The SMILES string of the molecule is CCC(C)Sc1cccc(F)c1. The first-order valence-electron chi connectivity index (χ1n) is 4.14. The number of hydrogen-bond donors (Lipinski definition) is 0. The van der Waals surface area contributed by atoms with Crippen molar-refractivity contribution < 1.29 is 4.39 Å². The van der Waals surface area contributed by atoms with Gasteiger partial charge in [0, 0.05) is 10.1 Å². The third kappa shape index (κ3) is 2.86. The maximum Gasteiger partial charge on any atom is 0.124 e. The summed E-state index contributed by atoms with van der Waals surface area (Å²) in [4.78, 5) is 1.02. The second-order valence-electron chi connectivity index (χ2n) is 2.79. The maximum atomic E-state index is 12.7. The molecule has 1 unspecified atom stereocenters. The Morgan fingerprint density at radius 1 is 1.50 bits per heavy atom. The molecule has 1 rings (SSSR count). The minimum absolute atomic E-state index is 0.150. The van der Waals surface area contributed by atoms with Crippen LogP contribution in [0.4, 0.5) is 4.39 Å². The molecule has 0 nitrogen and oxygen atoms in total. The van der Waals surface area contributed by atoms with Crippen LogP contribution in [0.1, 0.15) is 20.3 Å². The smallest absolute Gasteiger partial charge is 0.124 e. The Morgan fingerprint density at radius 2 is 2.25 bits per heavy atom. The van der Waals surface area contributed by atoms with Gasteiger partial charge in [-0.1, -0.05) is 19.9 Å². The monoisotopic (exact) mass is 184 g/mol. The summed E-state index contributed by atoms with van der Waals surface area (Å²) in [5.41, 5.74) is 0. The zero-order valence-corrected chi connectivity index (χ0v) is 8.20. The highest BCUT2D eigenvalue weighted by atomic mass is 32.2. The van der Waals surface area contributed by atoms with Gasteiger partial charge in [0.25, 0.3) is 0 Å². The summed E-state index contributed by atoms with van der Waals surface area (Å²) in [6, 6.07) is 6.75. The van der Waals surface area contributed by atoms with Gasteiger partial charge in [-0.2, -0.15) is 0 Å². The topological polar surface area (TPSA) is 0 Å². The summed E-state index contributed by atoms with van der Waals surface area (Å²) in [6.45, 7) is 4.28. The van der Waals surface area contributed by atoms with Crippen molar-refractivity contribution in [1.29, 1.82) is 0 Å². The third-order valence-electron chi connectivity index (χ3n) is 1.71. The van der Waals surface area contributed by atoms with E-state index in [9.17, 15) is 4.39 Å². The van der Waals surface area contributed by atoms with Crippen LogP contribution < -0.4 is 0 Å². The Bertz CT molecular complexity index is 247. The van der Waals surface area contributed by atoms with E-state index < -0.39 is 0 Å². The zero-order chi connectivity index (χ0) is 8.97. The van der Waals surface area contributed by atoms with Crippen LogP contribution in [-0.4, -0.2) is 5.25 Å². The molecule has 0 amide bonds. The van der Waals surface area contributed by atoms with Crippen molar-refractivity contribution in [3.8, 4) is 0 Å². The Hall–Kier alpha value is -0.500. The van der Waals surface area contributed by atoms with Crippen molar-refractivity contribution in [3.05, 3.63) is 30.1 Å². The van der Waals surface area contributed by atoms with E-state index in [1.165, 1.54) is 6.07 Å². The highest BCUT2D eigenvalue weighted by molar-refractivity contribution is 7.99. The predicted molar refractivity (Wildman–Crippen MR) is 52.0 cm³/mol. The molecule has 0 spiro atoms. The van der Waals surface area contributed by atoms with Crippen LogP contribution in [0.25, 0.3) is 0 Å². The van der Waals surface area contributed by atoms with Gasteiger partial charge in [0.2, 0.25) is 0 Å². The van der Waals surface area contributed by atoms with Crippen LogP contribution in [0.15, 0.2) is 29.2 Å². The highest BCUT2D eigenvalue weighted by Gasteiger charge is 2.01. The summed E-state index contributed by atoms with van der Waals surface area (Å²) < 4.78 is 12.7. The average molecular weight is 184 g/mol. The van der Waals surface area contributed by atoms with Gasteiger partial charge in [-0.25, -0.2) is 4.39 Å². The van der Waals surface area contributed by atoms with Crippen molar-refractivity contribution in [2.24, 2.45) is 0 Å². The minimum Gasteiger partial charge on any atom is -0.207 e. The molecule has 0 fully saturated rings. The van der Waals surface area contributed by atoms with Crippen LogP contribution in [0.3, 0.4) is 0 Å². The fourth-order valence-corrected chi connectivity index (χ4v) is 1.82. The van der Waals surface area contributed by atoms with Gasteiger partial charge in [-0.15, -0.1) is 11.8 Å². The normalized spacial score (nSPS) is 12.9. The lowest BCUT2D eigenvalue weighted by Crippen LogP contribution is -1.91. The van der Waals surface area contributed by atoms with E-state index in [1.807, 2.05) is 6.07 Å². The lowest BCUT2D eigenvalue weighted by Gasteiger charge is -2.07. The predicted octanol–water partition coefficient (Wildman–Crippen LogP) is 3.72. The quantitative estimate of drug-likeness (QED) is 0.645. The van der Waals surface area contributed by atoms with Crippen molar-refractivity contribution in [1.82, 2.24) is 0 Å². The molecule has 0 aromatic heterocycles. The van der Waals surface area contributed by atoms with Crippen molar-refractivity contribution in [3.63, 3.8) is 0 Å². The second-order valence-corrected chi connectivity index (χ2v) is 4.31. The molecule has 1 aromatic carbocycles. The zero-order valence-electron chi connectivity index (χ0n) is 7.38. The first-order valence-corrected chi connectivity index (χ1v) is 5.02. The molecule has 0 heterocycles. The molecule has 12 heavy (non-hydrogen) atoms. The molecule has 1 aromatic rings. The standard InChI is InChI=1S/C10H13FS/c1-3-8(2)12-10-6-4-5-9(11)7-10/h4-8H,3H2,1-2H3. The third-order valence-corrected chi connectivity index (χ3v) is 2.97. The molecule has 0 saturated heterocycles. The average Bonchev–Trinajstić information content (AvgIpc) is 2.04. The van der Waals surface area contributed by atoms with E-state index in [1.54, 1.807) is 23.9 Å². The highest BCUT2D eigenvalue weighted by Crippen LogP contribution is 2.24. The van der Waals surface area contributed by atoms with Crippen molar-refractivity contribution >= 4 is 11.8 Å². The van der Waals surface area contributed by atoms with Gasteiger partial charge in [-0.05, 0) is 24.6 Å². The van der Waals surface area contributed by atoms with E-state index >= 15 is 0 Å². The van der Waals surface area contributed by atoms with Crippen LogP contribution in [0.2, 0.25) is 0 Å².